The third kappa shape index (κ3) is 4.28. The van der Waals surface area contributed by atoms with Gasteiger partial charge in [0.05, 0.1) is 18.4 Å². The Morgan fingerprint density at radius 2 is 1.79 bits per heavy atom. The fourth-order valence-corrected chi connectivity index (χ4v) is 2.91. The molecule has 0 fully saturated rings. The highest BCUT2D eigenvalue weighted by Gasteiger charge is 2.15. The molecule has 0 saturated heterocycles. The molecule has 2 aromatic carbocycles. The van der Waals surface area contributed by atoms with Crippen molar-refractivity contribution in [2.75, 3.05) is 11.9 Å². The lowest BCUT2D eigenvalue weighted by Gasteiger charge is -2.09. The second-order valence-corrected chi connectivity index (χ2v) is 6.68. The summed E-state index contributed by atoms with van der Waals surface area (Å²) in [4.78, 5) is 35.8. The number of ketones is 1. The zero-order chi connectivity index (χ0) is 20.3. The molecule has 28 heavy (non-hydrogen) atoms. The summed E-state index contributed by atoms with van der Waals surface area (Å²) in [6.45, 7) is 4.98. The molecule has 6 nitrogen and oxygen atoms in total. The number of benzene rings is 2. The second-order valence-electron chi connectivity index (χ2n) is 6.68. The first-order chi connectivity index (χ1) is 13.3. The van der Waals surface area contributed by atoms with Gasteiger partial charge in [-0.3, -0.25) is 14.4 Å². The molecule has 3 rings (SSSR count). The van der Waals surface area contributed by atoms with Crippen molar-refractivity contribution in [3.05, 3.63) is 64.9 Å². The van der Waals surface area contributed by atoms with Crippen LogP contribution in [0.1, 0.15) is 34.0 Å². The van der Waals surface area contributed by atoms with Crippen molar-refractivity contribution in [3.63, 3.8) is 0 Å². The summed E-state index contributed by atoms with van der Waals surface area (Å²) in [5.41, 5.74) is 4.43. The Balaban J connectivity index is 1.60. The first kappa shape index (κ1) is 19.4. The first-order valence-corrected chi connectivity index (χ1v) is 8.88. The average molecular weight is 379 g/mol. The molecule has 0 saturated carbocycles. The summed E-state index contributed by atoms with van der Waals surface area (Å²) in [5, 5.41) is 3.45. The van der Waals surface area contributed by atoms with Crippen LogP contribution in [-0.2, 0) is 20.7 Å². The second kappa shape index (κ2) is 8.08. The van der Waals surface area contributed by atoms with Gasteiger partial charge in [-0.2, -0.15) is 0 Å². The molecule has 0 spiro atoms. The van der Waals surface area contributed by atoms with Crippen LogP contribution in [0.5, 0.6) is 0 Å². The van der Waals surface area contributed by atoms with Crippen LogP contribution in [0.2, 0.25) is 0 Å². The van der Waals surface area contributed by atoms with E-state index in [0.717, 1.165) is 16.5 Å². The minimum Gasteiger partial charge on any atom is -0.464 e. The molecular weight excluding hydrogens is 358 g/mol. The topological polar surface area (TPSA) is 85.6 Å². The van der Waals surface area contributed by atoms with E-state index in [2.05, 4.69) is 5.32 Å². The number of amides is 1. The lowest BCUT2D eigenvalue weighted by Crippen LogP contribution is -2.22. The van der Waals surface area contributed by atoms with Crippen molar-refractivity contribution in [2.45, 2.75) is 27.2 Å². The maximum atomic E-state index is 12.1. The Morgan fingerprint density at radius 3 is 2.54 bits per heavy atom. The third-order valence-corrected chi connectivity index (χ3v) is 4.55. The van der Waals surface area contributed by atoms with Crippen molar-refractivity contribution < 1.29 is 23.5 Å². The quantitative estimate of drug-likeness (QED) is 0.517. The largest absolute Gasteiger partial charge is 0.464 e. The van der Waals surface area contributed by atoms with Crippen LogP contribution in [0.25, 0.3) is 11.0 Å². The summed E-state index contributed by atoms with van der Waals surface area (Å²) in [5.74, 6) is -1.20. The van der Waals surface area contributed by atoms with E-state index in [-0.39, 0.29) is 12.2 Å². The summed E-state index contributed by atoms with van der Waals surface area (Å²) < 4.78 is 10.6. The minimum absolute atomic E-state index is 0.00676. The molecule has 6 heteroatoms. The zero-order valence-electron chi connectivity index (χ0n) is 16.0. The number of fused-ring (bicyclic) bond motifs is 1. The van der Waals surface area contributed by atoms with Crippen LogP contribution >= 0.6 is 0 Å². The normalized spacial score (nSPS) is 10.7. The van der Waals surface area contributed by atoms with E-state index in [1.807, 2.05) is 26.0 Å². The van der Waals surface area contributed by atoms with Gasteiger partial charge >= 0.3 is 5.97 Å². The highest BCUT2D eigenvalue weighted by Crippen LogP contribution is 2.25. The average Bonchev–Trinajstić information content (AvgIpc) is 3.02. The lowest BCUT2D eigenvalue weighted by molar-refractivity contribution is -0.146. The standard InChI is InChI=1S/C22H21NO5/c1-13-8-18-16(11-27-20(18)9-14(13)2)10-22(26)28-12-21(25)23-19-7-5-4-6-17(19)15(3)24/h4-9,11H,10,12H2,1-3H3,(H,23,25). The molecule has 1 N–H and O–H groups in total. The molecule has 1 aromatic heterocycles. The van der Waals surface area contributed by atoms with Gasteiger partial charge in [0, 0.05) is 16.5 Å². The Labute approximate surface area is 162 Å². The summed E-state index contributed by atoms with van der Waals surface area (Å²) in [6.07, 6.45) is 1.54. The number of anilines is 1. The molecule has 1 amide bonds. The van der Waals surface area contributed by atoms with Crippen LogP contribution in [0.3, 0.4) is 0 Å². The predicted molar refractivity (Wildman–Crippen MR) is 105 cm³/mol. The maximum Gasteiger partial charge on any atom is 0.310 e. The molecule has 144 valence electrons. The predicted octanol–water partition coefficient (Wildman–Crippen LogP) is 3.98. The minimum atomic E-state index is -0.532. The van der Waals surface area contributed by atoms with E-state index in [1.54, 1.807) is 24.3 Å². The number of carbonyl (C=O) groups excluding carboxylic acids is 3. The first-order valence-electron chi connectivity index (χ1n) is 8.88. The Kier molecular flexibility index (Phi) is 5.59. The molecule has 0 unspecified atom stereocenters. The molecule has 1 heterocycles. The number of Topliss-reactive ketones (excluding diaryl/α,β-unsaturated/α-hetero) is 1. The van der Waals surface area contributed by atoms with Gasteiger partial charge < -0.3 is 14.5 Å². The van der Waals surface area contributed by atoms with Gasteiger partial charge in [-0.25, -0.2) is 0 Å². The lowest BCUT2D eigenvalue weighted by atomic mass is 10.0. The summed E-state index contributed by atoms with van der Waals surface area (Å²) >= 11 is 0. The van der Waals surface area contributed by atoms with Crippen molar-refractivity contribution in [2.24, 2.45) is 0 Å². The monoisotopic (exact) mass is 379 g/mol. The summed E-state index contributed by atoms with van der Waals surface area (Å²) in [7, 11) is 0. The van der Waals surface area contributed by atoms with Crippen LogP contribution in [-0.4, -0.2) is 24.3 Å². The van der Waals surface area contributed by atoms with E-state index in [0.29, 0.717) is 22.4 Å². The number of aryl methyl sites for hydroxylation is 2. The van der Waals surface area contributed by atoms with Crippen molar-refractivity contribution in [3.8, 4) is 0 Å². The Morgan fingerprint density at radius 1 is 1.07 bits per heavy atom. The Hall–Kier alpha value is -3.41. The SMILES string of the molecule is CC(=O)c1ccccc1NC(=O)COC(=O)Cc1coc2cc(C)c(C)cc12. The van der Waals surface area contributed by atoms with Crippen LogP contribution < -0.4 is 5.32 Å². The number of hydrogen-bond acceptors (Lipinski definition) is 5. The molecule has 0 aliphatic rings. The number of furan rings is 1. The highest BCUT2D eigenvalue weighted by atomic mass is 16.5. The molecule has 0 bridgehead atoms. The third-order valence-electron chi connectivity index (χ3n) is 4.55. The van der Waals surface area contributed by atoms with E-state index in [9.17, 15) is 14.4 Å². The van der Waals surface area contributed by atoms with E-state index in [4.69, 9.17) is 9.15 Å². The Bertz CT molecular complexity index is 1060. The molecule has 0 aliphatic heterocycles. The molecular formula is C22H21NO5. The van der Waals surface area contributed by atoms with Crippen LogP contribution in [0.4, 0.5) is 5.69 Å². The molecule has 0 atom stereocenters. The van der Waals surface area contributed by atoms with Gasteiger partial charge in [0.25, 0.3) is 5.91 Å². The smallest absolute Gasteiger partial charge is 0.310 e. The zero-order valence-corrected chi connectivity index (χ0v) is 16.0. The van der Waals surface area contributed by atoms with Crippen molar-refractivity contribution in [1.82, 2.24) is 0 Å². The number of esters is 1. The van der Waals surface area contributed by atoms with Gasteiger partial charge in [0.2, 0.25) is 0 Å². The van der Waals surface area contributed by atoms with Gasteiger partial charge in [0.1, 0.15) is 5.58 Å². The number of nitrogens with one attached hydrogen (secondary N) is 1. The van der Waals surface area contributed by atoms with Crippen molar-refractivity contribution in [1.29, 1.82) is 0 Å². The summed E-state index contributed by atoms with van der Waals surface area (Å²) in [6, 6.07) is 10.6. The number of hydrogen-bond donors (Lipinski definition) is 1. The fraction of sp³-hybridized carbons (Fsp3) is 0.227. The van der Waals surface area contributed by atoms with E-state index < -0.39 is 18.5 Å². The highest BCUT2D eigenvalue weighted by molar-refractivity contribution is 6.04. The van der Waals surface area contributed by atoms with Gasteiger partial charge in [-0.15, -0.1) is 0 Å². The number of ether oxygens (including phenoxy) is 1. The number of rotatable bonds is 6. The molecule has 3 aromatic rings. The van der Waals surface area contributed by atoms with Crippen LogP contribution in [0.15, 0.2) is 47.1 Å². The van der Waals surface area contributed by atoms with E-state index >= 15 is 0 Å². The number of para-hydroxylation sites is 1. The van der Waals surface area contributed by atoms with Gasteiger partial charge in [-0.05, 0) is 56.2 Å². The van der Waals surface area contributed by atoms with Crippen molar-refractivity contribution >= 4 is 34.3 Å². The van der Waals surface area contributed by atoms with Crippen LogP contribution in [0, 0.1) is 13.8 Å². The molecule has 0 aliphatic carbocycles. The van der Waals surface area contributed by atoms with E-state index in [1.165, 1.54) is 13.2 Å². The van der Waals surface area contributed by atoms with Gasteiger partial charge in [0.15, 0.2) is 12.4 Å². The molecule has 0 radical (unpaired) electrons. The number of carbonyl (C=O) groups is 3. The van der Waals surface area contributed by atoms with Gasteiger partial charge in [-0.1, -0.05) is 12.1 Å². The fourth-order valence-electron chi connectivity index (χ4n) is 2.91. The maximum absolute atomic E-state index is 12.1.